The van der Waals surface area contributed by atoms with E-state index in [4.69, 9.17) is 5.11 Å². The third-order valence-corrected chi connectivity index (χ3v) is 3.13. The lowest BCUT2D eigenvalue weighted by Crippen LogP contribution is -2.40. The number of carbonyl (C=O) groups is 1. The van der Waals surface area contributed by atoms with E-state index in [-0.39, 0.29) is 5.92 Å². The molecule has 2 N–H and O–H groups in total. The van der Waals surface area contributed by atoms with Crippen molar-refractivity contribution in [2.75, 3.05) is 0 Å². The van der Waals surface area contributed by atoms with Gasteiger partial charge in [0.15, 0.2) is 0 Å². The Balaban J connectivity index is 2.56. The minimum atomic E-state index is -0.786. The molecule has 3 heteroatoms. The summed E-state index contributed by atoms with van der Waals surface area (Å²) in [7, 11) is 0. The highest BCUT2D eigenvalue weighted by molar-refractivity contribution is 5.73. The van der Waals surface area contributed by atoms with Crippen LogP contribution in [0.2, 0.25) is 0 Å². The summed E-state index contributed by atoms with van der Waals surface area (Å²) in [6.07, 6.45) is 1.08. The molecule has 0 radical (unpaired) electrons. The first-order valence-corrected chi connectivity index (χ1v) is 6.94. The second-order valence-corrected chi connectivity index (χ2v) is 5.86. The molecule has 3 nitrogen and oxygen atoms in total. The van der Waals surface area contributed by atoms with Crippen LogP contribution in [-0.2, 0) is 17.8 Å². The maximum absolute atomic E-state index is 11.1. The summed E-state index contributed by atoms with van der Waals surface area (Å²) in [6, 6.07) is 7.91. The normalized spacial score (nSPS) is 12.9. The van der Waals surface area contributed by atoms with E-state index in [9.17, 15) is 4.79 Å². The molecule has 0 amide bonds. The van der Waals surface area contributed by atoms with Gasteiger partial charge in [-0.05, 0) is 29.4 Å². The molecule has 106 valence electrons. The number of carboxylic acids is 1. The molecule has 0 bridgehead atoms. The van der Waals surface area contributed by atoms with E-state index in [1.807, 2.05) is 13.8 Å². The molecule has 1 aromatic carbocycles. The van der Waals surface area contributed by atoms with Crippen LogP contribution in [0.15, 0.2) is 24.3 Å². The average Bonchev–Trinajstić information content (AvgIpc) is 2.29. The Morgan fingerprint density at radius 2 is 1.63 bits per heavy atom. The van der Waals surface area contributed by atoms with E-state index in [1.165, 1.54) is 5.56 Å². The van der Waals surface area contributed by atoms with Gasteiger partial charge < -0.3 is 10.4 Å². The van der Waals surface area contributed by atoms with E-state index in [1.54, 1.807) is 0 Å². The summed E-state index contributed by atoms with van der Waals surface area (Å²) in [4.78, 5) is 11.1. The minimum absolute atomic E-state index is 0.0812. The molecule has 0 aliphatic heterocycles. The van der Waals surface area contributed by atoms with Crippen LogP contribution >= 0.6 is 0 Å². The highest BCUT2D eigenvalue weighted by Crippen LogP contribution is 2.10. The van der Waals surface area contributed by atoms with Crippen LogP contribution in [0.1, 0.15) is 38.8 Å². The Bertz CT molecular complexity index is 396. The summed E-state index contributed by atoms with van der Waals surface area (Å²) in [5.74, 6) is -0.0505. The lowest BCUT2D eigenvalue weighted by atomic mass is 10.0. The van der Waals surface area contributed by atoms with Gasteiger partial charge in [0.25, 0.3) is 0 Å². The fourth-order valence-corrected chi connectivity index (χ4v) is 2.10. The molecule has 0 fully saturated rings. The molecular weight excluding hydrogens is 238 g/mol. The lowest BCUT2D eigenvalue weighted by Gasteiger charge is -2.18. The van der Waals surface area contributed by atoms with Crippen LogP contribution in [-0.4, -0.2) is 17.1 Å². The summed E-state index contributed by atoms with van der Waals surface area (Å²) >= 11 is 0. The molecule has 0 saturated heterocycles. The molecule has 0 spiro atoms. The second-order valence-electron chi connectivity index (χ2n) is 5.86. The van der Waals surface area contributed by atoms with Gasteiger partial charge in [-0.3, -0.25) is 4.79 Å². The lowest BCUT2D eigenvalue weighted by molar-refractivity contribution is -0.140. The Morgan fingerprint density at radius 1 is 1.11 bits per heavy atom. The van der Waals surface area contributed by atoms with Crippen LogP contribution in [0.4, 0.5) is 0 Å². The molecule has 1 unspecified atom stereocenters. The minimum Gasteiger partial charge on any atom is -0.480 e. The standard InChI is InChI=1S/C16H25NO2/c1-11(2)9-13-5-7-14(8-6-13)10-17-15(12(3)4)16(18)19/h5-8,11-12,15,17H,9-10H2,1-4H3,(H,18,19). The third-order valence-electron chi connectivity index (χ3n) is 3.13. The van der Waals surface area contributed by atoms with Crippen molar-refractivity contribution in [2.45, 2.75) is 46.7 Å². The number of hydrogen-bond donors (Lipinski definition) is 2. The van der Waals surface area contributed by atoms with Crippen molar-refractivity contribution >= 4 is 5.97 Å². The number of hydrogen-bond acceptors (Lipinski definition) is 2. The van der Waals surface area contributed by atoms with Crippen molar-refractivity contribution in [3.8, 4) is 0 Å². The summed E-state index contributed by atoms with van der Waals surface area (Å²) in [6.45, 7) is 8.83. The van der Waals surface area contributed by atoms with Crippen molar-refractivity contribution in [1.82, 2.24) is 5.32 Å². The highest BCUT2D eigenvalue weighted by atomic mass is 16.4. The molecular formula is C16H25NO2. The monoisotopic (exact) mass is 263 g/mol. The smallest absolute Gasteiger partial charge is 0.320 e. The quantitative estimate of drug-likeness (QED) is 0.795. The predicted molar refractivity (Wildman–Crippen MR) is 78.1 cm³/mol. The van der Waals surface area contributed by atoms with Crippen molar-refractivity contribution in [3.63, 3.8) is 0 Å². The first kappa shape index (κ1) is 15.7. The van der Waals surface area contributed by atoms with Gasteiger partial charge in [0, 0.05) is 6.54 Å². The second kappa shape index (κ2) is 7.29. The molecule has 19 heavy (non-hydrogen) atoms. The molecule has 0 saturated carbocycles. The van der Waals surface area contributed by atoms with Crippen molar-refractivity contribution in [2.24, 2.45) is 11.8 Å². The van der Waals surface area contributed by atoms with E-state index in [0.717, 1.165) is 12.0 Å². The molecule has 1 rings (SSSR count). The van der Waals surface area contributed by atoms with Gasteiger partial charge in [-0.2, -0.15) is 0 Å². The van der Waals surface area contributed by atoms with Crippen LogP contribution in [0.3, 0.4) is 0 Å². The van der Waals surface area contributed by atoms with Crippen molar-refractivity contribution < 1.29 is 9.90 Å². The van der Waals surface area contributed by atoms with Crippen LogP contribution in [0.25, 0.3) is 0 Å². The molecule has 0 aliphatic carbocycles. The zero-order valence-electron chi connectivity index (χ0n) is 12.3. The van der Waals surface area contributed by atoms with Crippen LogP contribution < -0.4 is 5.32 Å². The maximum atomic E-state index is 11.1. The Hall–Kier alpha value is -1.35. The van der Waals surface area contributed by atoms with Gasteiger partial charge in [-0.15, -0.1) is 0 Å². The number of carboxylic acid groups (broad SMARTS) is 1. The number of nitrogens with one attached hydrogen (secondary N) is 1. The number of benzene rings is 1. The first-order chi connectivity index (χ1) is 8.90. The summed E-state index contributed by atoms with van der Waals surface area (Å²) < 4.78 is 0. The van der Waals surface area contributed by atoms with E-state index in [0.29, 0.717) is 12.5 Å². The van der Waals surface area contributed by atoms with Crippen molar-refractivity contribution in [3.05, 3.63) is 35.4 Å². The van der Waals surface area contributed by atoms with Gasteiger partial charge >= 0.3 is 5.97 Å². The fourth-order valence-electron chi connectivity index (χ4n) is 2.10. The summed E-state index contributed by atoms with van der Waals surface area (Å²) in [5.41, 5.74) is 2.46. The molecule has 0 aliphatic rings. The van der Waals surface area contributed by atoms with Gasteiger partial charge in [0.2, 0.25) is 0 Å². The van der Waals surface area contributed by atoms with Gasteiger partial charge in [-0.1, -0.05) is 52.0 Å². The Morgan fingerprint density at radius 3 is 2.05 bits per heavy atom. The van der Waals surface area contributed by atoms with E-state index >= 15 is 0 Å². The molecule has 1 aromatic rings. The topological polar surface area (TPSA) is 49.3 Å². The largest absolute Gasteiger partial charge is 0.480 e. The third kappa shape index (κ3) is 5.43. The van der Waals surface area contributed by atoms with Gasteiger partial charge in [0.05, 0.1) is 0 Å². The maximum Gasteiger partial charge on any atom is 0.320 e. The molecule has 1 atom stereocenters. The van der Waals surface area contributed by atoms with Gasteiger partial charge in [0.1, 0.15) is 6.04 Å². The fraction of sp³-hybridized carbons (Fsp3) is 0.562. The zero-order valence-corrected chi connectivity index (χ0v) is 12.3. The van der Waals surface area contributed by atoms with Crippen LogP contribution in [0, 0.1) is 11.8 Å². The number of aliphatic carboxylic acids is 1. The zero-order chi connectivity index (χ0) is 14.4. The SMILES string of the molecule is CC(C)Cc1ccc(CNC(C(=O)O)C(C)C)cc1. The van der Waals surface area contributed by atoms with Crippen molar-refractivity contribution in [1.29, 1.82) is 0 Å². The predicted octanol–water partition coefficient (Wildman–Crippen LogP) is 3.08. The molecule has 0 aromatic heterocycles. The number of rotatable bonds is 7. The van der Waals surface area contributed by atoms with Gasteiger partial charge in [-0.25, -0.2) is 0 Å². The van der Waals surface area contributed by atoms with E-state index < -0.39 is 12.0 Å². The highest BCUT2D eigenvalue weighted by Gasteiger charge is 2.20. The molecule has 0 heterocycles. The Labute approximate surface area is 116 Å². The average molecular weight is 263 g/mol. The summed E-state index contributed by atoms with van der Waals surface area (Å²) in [5, 5.41) is 12.2. The first-order valence-electron chi connectivity index (χ1n) is 6.94. The van der Waals surface area contributed by atoms with E-state index in [2.05, 4.69) is 43.4 Å². The Kier molecular flexibility index (Phi) is 6.03. The van der Waals surface area contributed by atoms with Crippen LogP contribution in [0.5, 0.6) is 0 Å².